The molecule has 10 aromatic carbocycles. The third kappa shape index (κ3) is 6.63. The molecule has 0 fully saturated rings. The van der Waals surface area contributed by atoms with Crippen LogP contribution in [0.5, 0.6) is 0 Å². The number of anilines is 3. The van der Waals surface area contributed by atoms with Gasteiger partial charge in [0.15, 0.2) is 0 Å². The van der Waals surface area contributed by atoms with Gasteiger partial charge in [0.25, 0.3) is 0 Å². The Balaban J connectivity index is 0.979. The van der Waals surface area contributed by atoms with Crippen molar-refractivity contribution < 1.29 is 0 Å². The summed E-state index contributed by atoms with van der Waals surface area (Å²) in [7, 11) is 0. The molecule has 0 aliphatic rings. The monoisotopic (exact) mass is 781 g/mol. The van der Waals surface area contributed by atoms with Gasteiger partial charge in [-0.3, -0.25) is 0 Å². The molecule has 1 nitrogen and oxygen atoms in total. The molecule has 1 heterocycles. The molecular weight excluding hydrogens is 743 g/mol. The molecule has 0 N–H and O–H groups in total. The molecule has 0 aliphatic carbocycles. The number of hydrogen-bond donors (Lipinski definition) is 0. The normalized spacial score (nSPS) is 11.3. The van der Waals surface area contributed by atoms with E-state index in [0.717, 1.165) is 17.1 Å². The van der Waals surface area contributed by atoms with E-state index in [-0.39, 0.29) is 0 Å². The number of nitrogens with zero attached hydrogens (tertiary/aromatic N) is 1. The van der Waals surface area contributed by atoms with Crippen LogP contribution < -0.4 is 4.90 Å². The van der Waals surface area contributed by atoms with Crippen LogP contribution in [0.15, 0.2) is 237 Å². The lowest BCUT2D eigenvalue weighted by atomic mass is 9.95. The Morgan fingerprint density at radius 2 is 0.750 bits per heavy atom. The van der Waals surface area contributed by atoms with E-state index in [4.69, 9.17) is 0 Å². The Hall–Kier alpha value is -7.52. The van der Waals surface area contributed by atoms with Gasteiger partial charge in [0.1, 0.15) is 0 Å². The SMILES string of the molecule is c1ccc(-c2ccc(-c3ccc(N(c4ccc(-c5cccc6c5sc5ccccc56)cc4)c4cccc(-c5cccc(-c6cccc7ccccc67)c5)c4)cc3)cc2)cc1. The zero-order chi connectivity index (χ0) is 39.8. The first-order valence-corrected chi connectivity index (χ1v) is 21.3. The predicted octanol–water partition coefficient (Wildman–Crippen LogP) is 17.0. The molecule has 0 saturated carbocycles. The Morgan fingerprint density at radius 1 is 0.267 bits per heavy atom. The van der Waals surface area contributed by atoms with Crippen molar-refractivity contribution in [3.05, 3.63) is 237 Å². The average Bonchev–Trinajstić information content (AvgIpc) is 3.72. The number of hydrogen-bond acceptors (Lipinski definition) is 2. The van der Waals surface area contributed by atoms with Crippen LogP contribution >= 0.6 is 11.3 Å². The average molecular weight is 782 g/mol. The minimum atomic E-state index is 1.10. The summed E-state index contributed by atoms with van der Waals surface area (Å²) in [5.41, 5.74) is 15.4. The van der Waals surface area contributed by atoms with Gasteiger partial charge in [-0.2, -0.15) is 0 Å². The van der Waals surface area contributed by atoms with Gasteiger partial charge in [0.05, 0.1) is 0 Å². The van der Waals surface area contributed by atoms with E-state index in [9.17, 15) is 0 Å². The molecule has 0 atom stereocenters. The topological polar surface area (TPSA) is 3.24 Å². The van der Waals surface area contributed by atoms with Crippen LogP contribution in [0, 0.1) is 0 Å². The number of fused-ring (bicyclic) bond motifs is 4. The Bertz CT molecular complexity index is 3280. The molecule has 0 spiro atoms. The molecule has 0 bridgehead atoms. The molecule has 2 heteroatoms. The lowest BCUT2D eigenvalue weighted by Crippen LogP contribution is -2.10. The summed E-state index contributed by atoms with van der Waals surface area (Å²) in [6.07, 6.45) is 0. The van der Waals surface area contributed by atoms with E-state index in [1.54, 1.807) is 0 Å². The Morgan fingerprint density at radius 3 is 1.50 bits per heavy atom. The van der Waals surface area contributed by atoms with E-state index in [2.05, 4.69) is 241 Å². The van der Waals surface area contributed by atoms with Gasteiger partial charge in [0, 0.05) is 37.2 Å². The van der Waals surface area contributed by atoms with Crippen LogP contribution in [0.4, 0.5) is 17.1 Å². The molecule has 11 aromatic rings. The van der Waals surface area contributed by atoms with E-state index in [0.29, 0.717) is 0 Å². The second-order valence-corrected chi connectivity index (χ2v) is 16.4. The zero-order valence-electron chi connectivity index (χ0n) is 32.9. The fourth-order valence-electron chi connectivity index (χ4n) is 8.67. The van der Waals surface area contributed by atoms with Crippen molar-refractivity contribution in [3.8, 4) is 55.6 Å². The highest BCUT2D eigenvalue weighted by atomic mass is 32.1. The number of thiophene rings is 1. The number of rotatable bonds is 8. The fraction of sp³-hybridized carbons (Fsp3) is 0. The van der Waals surface area contributed by atoms with Crippen molar-refractivity contribution in [3.63, 3.8) is 0 Å². The standard InChI is InChI=1S/C58H39NS/c1-2-12-40(13-3-1)41-26-28-42(29-27-41)43-30-34-49(35-31-43)59(50-36-32-45(33-37-50)54-23-11-24-56-55-21-6-7-25-57(55)60-58(54)56)51-19-9-17-47(39-51)46-16-8-18-48(38-46)53-22-10-15-44-14-4-5-20-52(44)53/h1-39H. The van der Waals surface area contributed by atoms with E-state index >= 15 is 0 Å². The second-order valence-electron chi connectivity index (χ2n) is 15.3. The van der Waals surface area contributed by atoms with Crippen molar-refractivity contribution in [2.45, 2.75) is 0 Å². The smallest absolute Gasteiger partial charge is 0.0467 e. The summed E-state index contributed by atoms with van der Waals surface area (Å²) >= 11 is 1.88. The third-order valence-corrected chi connectivity index (χ3v) is 12.9. The molecule has 0 radical (unpaired) electrons. The molecule has 0 saturated heterocycles. The third-order valence-electron chi connectivity index (χ3n) is 11.7. The van der Waals surface area contributed by atoms with Crippen molar-refractivity contribution in [1.29, 1.82) is 0 Å². The van der Waals surface area contributed by atoms with E-state index < -0.39 is 0 Å². The molecular formula is C58H39NS. The first kappa shape index (κ1) is 35.6. The lowest BCUT2D eigenvalue weighted by Gasteiger charge is -2.26. The van der Waals surface area contributed by atoms with Crippen LogP contribution in [0.1, 0.15) is 0 Å². The Kier molecular flexibility index (Phi) is 9.11. The van der Waals surface area contributed by atoms with Crippen molar-refractivity contribution in [2.75, 3.05) is 4.90 Å². The van der Waals surface area contributed by atoms with Gasteiger partial charge in [-0.1, -0.05) is 188 Å². The maximum Gasteiger partial charge on any atom is 0.0467 e. The van der Waals surface area contributed by atoms with Gasteiger partial charge in [-0.25, -0.2) is 0 Å². The van der Waals surface area contributed by atoms with Gasteiger partial charge in [-0.05, 0) is 115 Å². The zero-order valence-corrected chi connectivity index (χ0v) is 33.7. The maximum atomic E-state index is 2.38. The van der Waals surface area contributed by atoms with Crippen molar-refractivity contribution in [2.24, 2.45) is 0 Å². The maximum absolute atomic E-state index is 2.38. The first-order valence-electron chi connectivity index (χ1n) is 20.5. The second kappa shape index (κ2) is 15.3. The number of benzene rings is 10. The van der Waals surface area contributed by atoms with Crippen LogP contribution in [-0.4, -0.2) is 0 Å². The summed E-state index contributed by atoms with van der Waals surface area (Å²) in [4.78, 5) is 2.38. The van der Waals surface area contributed by atoms with Gasteiger partial charge < -0.3 is 4.90 Å². The van der Waals surface area contributed by atoms with Gasteiger partial charge in [-0.15, -0.1) is 11.3 Å². The minimum Gasteiger partial charge on any atom is -0.310 e. The summed E-state index contributed by atoms with van der Waals surface area (Å²) in [5.74, 6) is 0. The minimum absolute atomic E-state index is 1.10. The molecule has 11 rings (SSSR count). The summed E-state index contributed by atoms with van der Waals surface area (Å²) in [6.45, 7) is 0. The van der Waals surface area contributed by atoms with E-state index in [1.165, 1.54) is 86.6 Å². The molecule has 282 valence electrons. The van der Waals surface area contributed by atoms with Crippen LogP contribution in [0.3, 0.4) is 0 Å². The highest BCUT2D eigenvalue weighted by molar-refractivity contribution is 7.26. The summed E-state index contributed by atoms with van der Waals surface area (Å²) in [5, 5.41) is 5.15. The highest BCUT2D eigenvalue weighted by Crippen LogP contribution is 2.42. The largest absolute Gasteiger partial charge is 0.310 e. The quantitative estimate of drug-likeness (QED) is 0.148. The van der Waals surface area contributed by atoms with Crippen LogP contribution in [0.25, 0.3) is 86.6 Å². The predicted molar refractivity (Wildman–Crippen MR) is 259 cm³/mol. The lowest BCUT2D eigenvalue weighted by molar-refractivity contribution is 1.28. The molecule has 0 amide bonds. The van der Waals surface area contributed by atoms with Crippen molar-refractivity contribution in [1.82, 2.24) is 0 Å². The molecule has 0 aliphatic heterocycles. The first-order chi connectivity index (χ1) is 29.7. The summed E-state index contributed by atoms with van der Waals surface area (Å²) < 4.78 is 2.65. The van der Waals surface area contributed by atoms with Gasteiger partial charge >= 0.3 is 0 Å². The van der Waals surface area contributed by atoms with Crippen molar-refractivity contribution >= 4 is 59.3 Å². The van der Waals surface area contributed by atoms with Crippen LogP contribution in [0.2, 0.25) is 0 Å². The fourth-order valence-corrected chi connectivity index (χ4v) is 9.91. The summed E-state index contributed by atoms with van der Waals surface area (Å²) in [6, 6.07) is 86.0. The van der Waals surface area contributed by atoms with Gasteiger partial charge in [0.2, 0.25) is 0 Å². The molecule has 0 unspecified atom stereocenters. The molecule has 1 aromatic heterocycles. The Labute approximate surface area is 354 Å². The van der Waals surface area contributed by atoms with E-state index in [1.807, 2.05) is 11.3 Å². The highest BCUT2D eigenvalue weighted by Gasteiger charge is 2.16. The van der Waals surface area contributed by atoms with Crippen LogP contribution in [-0.2, 0) is 0 Å². The molecule has 60 heavy (non-hydrogen) atoms.